The molecule has 0 bridgehead atoms. The first-order valence-corrected chi connectivity index (χ1v) is 17.0. The van der Waals surface area contributed by atoms with E-state index in [2.05, 4.69) is 30.2 Å². The summed E-state index contributed by atoms with van der Waals surface area (Å²) >= 11 is 0. The van der Waals surface area contributed by atoms with Crippen LogP contribution in [0.15, 0.2) is 36.7 Å². The first-order chi connectivity index (χ1) is 23.6. The number of piperazine rings is 1. The van der Waals surface area contributed by atoms with Crippen LogP contribution in [0.3, 0.4) is 0 Å². The number of aromatic nitrogens is 5. The molecule has 3 aliphatic heterocycles. The molecule has 7 rings (SSSR count). The van der Waals surface area contributed by atoms with Crippen LogP contribution in [0.1, 0.15) is 63.9 Å². The molecule has 0 saturated carbocycles. The number of halogens is 2. The van der Waals surface area contributed by atoms with E-state index in [1.165, 1.54) is 6.07 Å². The first kappa shape index (κ1) is 33.2. The zero-order valence-corrected chi connectivity index (χ0v) is 28.1. The summed E-state index contributed by atoms with van der Waals surface area (Å²) in [6, 6.07) is 6.73. The lowest BCUT2D eigenvalue weighted by molar-refractivity contribution is -0.167. The molecular weight excluding hydrogens is 634 g/mol. The molecular formula is C35H42F2N8O4. The topological polar surface area (TPSA) is 120 Å². The van der Waals surface area contributed by atoms with E-state index >= 15 is 8.78 Å². The van der Waals surface area contributed by atoms with Crippen LogP contribution in [-0.2, 0) is 27.2 Å². The molecule has 260 valence electrons. The Morgan fingerprint density at radius 1 is 1.02 bits per heavy atom. The maximum Gasteiger partial charge on any atom is 0.410 e. The Morgan fingerprint density at radius 2 is 1.86 bits per heavy atom. The number of aryl methyl sites for hydroxylation is 1. The van der Waals surface area contributed by atoms with Crippen LogP contribution in [0.4, 0.5) is 25.3 Å². The molecule has 2 fully saturated rings. The number of nitrogens with one attached hydrogen (secondary N) is 1. The van der Waals surface area contributed by atoms with E-state index in [4.69, 9.17) is 14.2 Å². The fourth-order valence-electron chi connectivity index (χ4n) is 6.57. The predicted molar refractivity (Wildman–Crippen MR) is 178 cm³/mol. The number of carbonyl (C=O) groups excluding carboxylic acids is 1. The molecule has 0 aliphatic carbocycles. The molecule has 0 spiro atoms. The maximum atomic E-state index is 15.4. The Labute approximate surface area is 283 Å². The molecule has 1 unspecified atom stereocenters. The third-order valence-electron chi connectivity index (χ3n) is 9.01. The quantitative estimate of drug-likeness (QED) is 0.238. The third kappa shape index (κ3) is 7.66. The summed E-state index contributed by atoms with van der Waals surface area (Å²) in [5, 5.41) is 3.04. The van der Waals surface area contributed by atoms with Crippen molar-refractivity contribution in [2.45, 2.75) is 77.4 Å². The van der Waals surface area contributed by atoms with E-state index in [0.29, 0.717) is 50.6 Å². The molecule has 6 heterocycles. The highest BCUT2D eigenvalue weighted by atomic mass is 19.1. The number of pyridine rings is 1. The van der Waals surface area contributed by atoms with E-state index in [-0.39, 0.29) is 41.1 Å². The van der Waals surface area contributed by atoms with Crippen molar-refractivity contribution in [3.05, 3.63) is 59.7 Å². The number of imidazole rings is 1. The summed E-state index contributed by atoms with van der Waals surface area (Å²) in [5.41, 5.74) is 1.57. The van der Waals surface area contributed by atoms with Crippen molar-refractivity contribution in [1.82, 2.24) is 34.3 Å². The standard InChI is InChI=1S/C35H42F2N8O4/c1-35(2,3)49-34(46)44-13-11-43(12-14-44)20-22-7-9-28(38-18-22)40-33-39-19-26(37)31(42-33)23-16-25(36)32-27(17-23)45-24(8-10-29(45)41-32)21-48-30-6-4-5-15-47-30/h7,9,16-19,24,30H,4-6,8,10-15,20-21H2,1-3H3,(H,38,39,40,42)/t24-,30?/m0/s1. The molecule has 49 heavy (non-hydrogen) atoms. The van der Waals surface area contributed by atoms with Crippen molar-refractivity contribution in [3.8, 4) is 11.3 Å². The fourth-order valence-corrected chi connectivity index (χ4v) is 6.57. The number of ether oxygens (including phenoxy) is 3. The van der Waals surface area contributed by atoms with Gasteiger partial charge in [0.25, 0.3) is 0 Å². The minimum atomic E-state index is -0.671. The Balaban J connectivity index is 1.01. The van der Waals surface area contributed by atoms with Gasteiger partial charge in [0.15, 0.2) is 17.9 Å². The average molecular weight is 677 g/mol. The molecule has 0 radical (unpaired) electrons. The largest absolute Gasteiger partial charge is 0.444 e. The van der Waals surface area contributed by atoms with E-state index in [9.17, 15) is 4.79 Å². The van der Waals surface area contributed by atoms with E-state index < -0.39 is 17.2 Å². The van der Waals surface area contributed by atoms with Gasteiger partial charge in [0, 0.05) is 57.5 Å². The summed E-state index contributed by atoms with van der Waals surface area (Å²) in [4.78, 5) is 34.0. The average Bonchev–Trinajstić information content (AvgIpc) is 3.66. The molecule has 2 atom stereocenters. The Morgan fingerprint density at radius 3 is 2.59 bits per heavy atom. The van der Waals surface area contributed by atoms with Gasteiger partial charge < -0.3 is 29.0 Å². The first-order valence-electron chi connectivity index (χ1n) is 17.0. The van der Waals surface area contributed by atoms with Gasteiger partial charge in [0.2, 0.25) is 5.95 Å². The van der Waals surface area contributed by atoms with Gasteiger partial charge in [-0.3, -0.25) is 4.90 Å². The van der Waals surface area contributed by atoms with Gasteiger partial charge in [-0.2, -0.15) is 0 Å². The molecule has 12 nitrogen and oxygen atoms in total. The summed E-state index contributed by atoms with van der Waals surface area (Å²) in [6.07, 6.45) is 6.83. The molecule has 3 aliphatic rings. The monoisotopic (exact) mass is 676 g/mol. The second kappa shape index (κ2) is 13.9. The van der Waals surface area contributed by atoms with Crippen molar-refractivity contribution < 1.29 is 27.8 Å². The van der Waals surface area contributed by atoms with Gasteiger partial charge in [-0.25, -0.2) is 33.5 Å². The SMILES string of the molecule is CC(C)(C)OC(=O)N1CCN(Cc2ccc(Nc3ncc(F)c(-c4cc(F)c5nc6n(c5c4)[C@H](COC4CCCCO4)CC6)n3)nc2)CC1. The number of rotatable bonds is 8. The van der Waals surface area contributed by atoms with Crippen LogP contribution in [0.5, 0.6) is 0 Å². The second-order valence-corrected chi connectivity index (χ2v) is 13.9. The van der Waals surface area contributed by atoms with Gasteiger partial charge in [-0.15, -0.1) is 0 Å². The maximum absolute atomic E-state index is 15.4. The van der Waals surface area contributed by atoms with Crippen molar-refractivity contribution in [1.29, 1.82) is 0 Å². The highest BCUT2D eigenvalue weighted by Gasteiger charge is 2.30. The number of benzene rings is 1. The lowest BCUT2D eigenvalue weighted by Gasteiger charge is -2.35. The molecule has 1 aromatic carbocycles. The van der Waals surface area contributed by atoms with Crippen LogP contribution in [0.2, 0.25) is 0 Å². The highest BCUT2D eigenvalue weighted by Crippen LogP contribution is 2.35. The van der Waals surface area contributed by atoms with Crippen LogP contribution in [0.25, 0.3) is 22.3 Å². The Hall–Kier alpha value is -4.27. The van der Waals surface area contributed by atoms with Crippen LogP contribution in [-0.4, -0.2) is 91.7 Å². The number of amides is 1. The van der Waals surface area contributed by atoms with E-state index in [1.807, 2.05) is 31.4 Å². The number of anilines is 2. The molecule has 3 aromatic heterocycles. The molecule has 1 amide bonds. The lowest BCUT2D eigenvalue weighted by Crippen LogP contribution is -2.49. The summed E-state index contributed by atoms with van der Waals surface area (Å²) in [6.45, 7) is 10.0. The van der Waals surface area contributed by atoms with Crippen LogP contribution < -0.4 is 5.32 Å². The Bertz CT molecular complexity index is 1800. The number of carbonyl (C=O) groups is 1. The molecule has 2 saturated heterocycles. The van der Waals surface area contributed by atoms with Crippen LogP contribution >= 0.6 is 0 Å². The normalized spacial score (nSPS) is 20.1. The predicted octanol–water partition coefficient (Wildman–Crippen LogP) is 5.99. The highest BCUT2D eigenvalue weighted by molar-refractivity contribution is 5.83. The molecule has 14 heteroatoms. The van der Waals surface area contributed by atoms with Crippen molar-refractivity contribution in [3.63, 3.8) is 0 Å². The second-order valence-electron chi connectivity index (χ2n) is 13.9. The van der Waals surface area contributed by atoms with E-state index in [1.54, 1.807) is 23.2 Å². The number of fused-ring (bicyclic) bond motifs is 3. The van der Waals surface area contributed by atoms with Crippen molar-refractivity contribution in [2.75, 3.05) is 44.7 Å². The van der Waals surface area contributed by atoms with Gasteiger partial charge in [0.05, 0.1) is 24.4 Å². The summed E-state index contributed by atoms with van der Waals surface area (Å²) in [5.74, 6) is 0.187. The fraction of sp³-hybridized carbons (Fsp3) is 0.514. The minimum absolute atomic E-state index is 0.0245. The zero-order valence-electron chi connectivity index (χ0n) is 28.1. The molecule has 1 N–H and O–H groups in total. The van der Waals surface area contributed by atoms with Gasteiger partial charge in [0.1, 0.15) is 28.5 Å². The number of hydrogen-bond donors (Lipinski definition) is 1. The molecule has 4 aromatic rings. The lowest BCUT2D eigenvalue weighted by atomic mass is 10.1. The van der Waals surface area contributed by atoms with Gasteiger partial charge in [-0.05, 0) is 70.2 Å². The zero-order chi connectivity index (χ0) is 34.1. The Kier molecular flexibility index (Phi) is 9.44. The van der Waals surface area contributed by atoms with Crippen molar-refractivity contribution >= 4 is 28.9 Å². The summed E-state index contributed by atoms with van der Waals surface area (Å²) < 4.78 is 49.9. The number of hydrogen-bond acceptors (Lipinski definition) is 10. The van der Waals surface area contributed by atoms with Gasteiger partial charge >= 0.3 is 6.09 Å². The smallest absolute Gasteiger partial charge is 0.410 e. The number of nitrogens with zero attached hydrogens (tertiary/aromatic N) is 7. The van der Waals surface area contributed by atoms with Crippen LogP contribution in [0, 0.1) is 11.6 Å². The minimum Gasteiger partial charge on any atom is -0.444 e. The van der Waals surface area contributed by atoms with E-state index in [0.717, 1.165) is 56.4 Å². The van der Waals surface area contributed by atoms with Crippen molar-refractivity contribution in [2.24, 2.45) is 0 Å². The third-order valence-corrected chi connectivity index (χ3v) is 9.01. The van der Waals surface area contributed by atoms with Gasteiger partial charge in [-0.1, -0.05) is 6.07 Å². The summed E-state index contributed by atoms with van der Waals surface area (Å²) in [7, 11) is 0.